The van der Waals surface area contributed by atoms with Crippen molar-refractivity contribution in [1.29, 1.82) is 0 Å². The largest absolute Gasteiger partial charge is 0.494 e. The molecule has 0 saturated carbocycles. The first-order valence-corrected chi connectivity index (χ1v) is 8.80. The zero-order valence-corrected chi connectivity index (χ0v) is 15.5. The molecule has 0 aliphatic carbocycles. The molecular formula is C21H27NO4. The minimum atomic E-state index is -0.0602. The number of rotatable bonds is 12. The Morgan fingerprint density at radius 2 is 1.65 bits per heavy atom. The molecule has 0 saturated heterocycles. The summed E-state index contributed by atoms with van der Waals surface area (Å²) < 4.78 is 16.7. The zero-order chi connectivity index (χ0) is 18.6. The fourth-order valence-electron chi connectivity index (χ4n) is 2.59. The molecule has 2 aromatic rings. The second-order valence-electron chi connectivity index (χ2n) is 6.11. The number of benzene rings is 2. The van der Waals surface area contributed by atoms with E-state index in [1.165, 1.54) is 0 Å². The topological polar surface area (TPSA) is 48.0 Å². The maximum atomic E-state index is 11.3. The third-order valence-corrected chi connectivity index (χ3v) is 4.04. The molecule has 2 rings (SSSR count). The Balaban J connectivity index is 1.68. The van der Waals surface area contributed by atoms with E-state index in [0.29, 0.717) is 26.2 Å². The molecule has 0 N–H and O–H groups in total. The van der Waals surface area contributed by atoms with Crippen molar-refractivity contribution in [3.05, 3.63) is 54.6 Å². The zero-order valence-electron chi connectivity index (χ0n) is 15.5. The molecule has 0 amide bonds. The highest BCUT2D eigenvalue weighted by atomic mass is 16.5. The molecule has 5 nitrogen and oxygen atoms in total. The van der Waals surface area contributed by atoms with Gasteiger partial charge in [-0.2, -0.15) is 0 Å². The minimum Gasteiger partial charge on any atom is -0.494 e. The quantitative estimate of drug-likeness (QED) is 0.546. The van der Waals surface area contributed by atoms with Gasteiger partial charge in [-0.25, -0.2) is 0 Å². The standard InChI is InChI=1S/C21H27NO4/c1-22(13-15-26-21-11-7-6-10-20(21)24-2)16-18(17-23)12-14-25-19-8-4-3-5-9-19/h3-11,17-18H,12-16H2,1-2H3. The lowest BCUT2D eigenvalue weighted by atomic mass is 10.1. The molecule has 5 heteroatoms. The number of para-hydroxylation sites is 3. The fourth-order valence-corrected chi connectivity index (χ4v) is 2.59. The summed E-state index contributed by atoms with van der Waals surface area (Å²) >= 11 is 0. The summed E-state index contributed by atoms with van der Waals surface area (Å²) in [5, 5.41) is 0. The monoisotopic (exact) mass is 357 g/mol. The van der Waals surface area contributed by atoms with Crippen molar-refractivity contribution in [3.8, 4) is 17.2 Å². The van der Waals surface area contributed by atoms with Gasteiger partial charge in [0.2, 0.25) is 0 Å². The number of carbonyl (C=O) groups excluding carboxylic acids is 1. The molecule has 0 bridgehead atoms. The Morgan fingerprint density at radius 1 is 0.962 bits per heavy atom. The number of carbonyl (C=O) groups is 1. The minimum absolute atomic E-state index is 0.0602. The van der Waals surface area contributed by atoms with Gasteiger partial charge in [0.05, 0.1) is 13.7 Å². The maximum Gasteiger partial charge on any atom is 0.161 e. The highest BCUT2D eigenvalue weighted by molar-refractivity contribution is 5.53. The number of aldehydes is 1. The fraction of sp³-hybridized carbons (Fsp3) is 0.381. The van der Waals surface area contributed by atoms with Crippen LogP contribution in [0.1, 0.15) is 6.42 Å². The summed E-state index contributed by atoms with van der Waals surface area (Å²) in [6.07, 6.45) is 1.70. The normalized spacial score (nSPS) is 11.8. The summed E-state index contributed by atoms with van der Waals surface area (Å²) in [5.41, 5.74) is 0. The first-order valence-electron chi connectivity index (χ1n) is 8.80. The van der Waals surface area contributed by atoms with Crippen LogP contribution in [0.4, 0.5) is 0 Å². The molecule has 0 spiro atoms. The Morgan fingerprint density at radius 3 is 2.35 bits per heavy atom. The van der Waals surface area contributed by atoms with Gasteiger partial charge in [0.1, 0.15) is 18.6 Å². The van der Waals surface area contributed by atoms with Crippen LogP contribution >= 0.6 is 0 Å². The van der Waals surface area contributed by atoms with E-state index in [1.807, 2.05) is 61.6 Å². The highest BCUT2D eigenvalue weighted by Crippen LogP contribution is 2.25. The molecular weight excluding hydrogens is 330 g/mol. The van der Waals surface area contributed by atoms with Crippen LogP contribution in [0.15, 0.2) is 54.6 Å². The van der Waals surface area contributed by atoms with E-state index in [2.05, 4.69) is 4.90 Å². The number of hydrogen-bond donors (Lipinski definition) is 0. The van der Waals surface area contributed by atoms with Crippen LogP contribution in [0, 0.1) is 5.92 Å². The summed E-state index contributed by atoms with van der Waals surface area (Å²) in [7, 11) is 3.61. The average molecular weight is 357 g/mol. The number of ether oxygens (including phenoxy) is 3. The van der Waals surface area contributed by atoms with Gasteiger partial charge in [0.15, 0.2) is 11.5 Å². The molecule has 1 atom stereocenters. The predicted molar refractivity (Wildman–Crippen MR) is 102 cm³/mol. The van der Waals surface area contributed by atoms with Crippen molar-refractivity contribution in [2.24, 2.45) is 5.92 Å². The smallest absolute Gasteiger partial charge is 0.161 e. The van der Waals surface area contributed by atoms with E-state index < -0.39 is 0 Å². The van der Waals surface area contributed by atoms with Crippen molar-refractivity contribution in [1.82, 2.24) is 4.90 Å². The van der Waals surface area contributed by atoms with Crippen LogP contribution in [0.2, 0.25) is 0 Å². The van der Waals surface area contributed by atoms with Gasteiger partial charge < -0.3 is 23.9 Å². The molecule has 0 aromatic heterocycles. The van der Waals surface area contributed by atoms with E-state index in [4.69, 9.17) is 14.2 Å². The van der Waals surface area contributed by atoms with Gasteiger partial charge in [-0.15, -0.1) is 0 Å². The number of nitrogens with zero attached hydrogens (tertiary/aromatic N) is 1. The van der Waals surface area contributed by atoms with Crippen molar-refractivity contribution in [3.63, 3.8) is 0 Å². The van der Waals surface area contributed by atoms with Crippen LogP contribution in [0.3, 0.4) is 0 Å². The first-order chi connectivity index (χ1) is 12.7. The Bertz CT molecular complexity index is 647. The molecule has 0 fully saturated rings. The number of methoxy groups -OCH3 is 1. The second kappa shape index (κ2) is 11.2. The molecule has 0 aliphatic rings. The lowest BCUT2D eigenvalue weighted by Gasteiger charge is -2.21. The van der Waals surface area contributed by atoms with Gasteiger partial charge in [-0.3, -0.25) is 0 Å². The van der Waals surface area contributed by atoms with Crippen molar-refractivity contribution in [2.75, 3.05) is 40.5 Å². The van der Waals surface area contributed by atoms with Crippen LogP contribution in [-0.4, -0.2) is 51.6 Å². The van der Waals surface area contributed by atoms with Crippen LogP contribution in [0.25, 0.3) is 0 Å². The molecule has 1 unspecified atom stereocenters. The Labute approximate surface area is 155 Å². The van der Waals surface area contributed by atoms with Gasteiger partial charge in [-0.1, -0.05) is 30.3 Å². The molecule has 26 heavy (non-hydrogen) atoms. The summed E-state index contributed by atoms with van der Waals surface area (Å²) in [6, 6.07) is 17.2. The van der Waals surface area contributed by atoms with Crippen LogP contribution in [-0.2, 0) is 4.79 Å². The van der Waals surface area contributed by atoms with E-state index in [9.17, 15) is 4.79 Å². The van der Waals surface area contributed by atoms with Crippen LogP contribution in [0.5, 0.6) is 17.2 Å². The predicted octanol–water partition coefficient (Wildman–Crippen LogP) is 3.29. The van der Waals surface area contributed by atoms with Gasteiger partial charge in [-0.05, 0) is 37.7 Å². The lowest BCUT2D eigenvalue weighted by Crippen LogP contribution is -2.31. The van der Waals surface area contributed by atoms with E-state index in [0.717, 1.165) is 30.1 Å². The van der Waals surface area contributed by atoms with Crippen molar-refractivity contribution in [2.45, 2.75) is 6.42 Å². The Kier molecular flexibility index (Phi) is 8.49. The number of hydrogen-bond acceptors (Lipinski definition) is 5. The third kappa shape index (κ3) is 6.76. The molecule has 0 aliphatic heterocycles. The average Bonchev–Trinajstić information content (AvgIpc) is 2.68. The molecule has 2 aromatic carbocycles. The van der Waals surface area contributed by atoms with Gasteiger partial charge in [0, 0.05) is 19.0 Å². The maximum absolute atomic E-state index is 11.3. The van der Waals surface area contributed by atoms with Gasteiger partial charge >= 0.3 is 0 Å². The molecule has 140 valence electrons. The van der Waals surface area contributed by atoms with Crippen molar-refractivity contribution >= 4 is 6.29 Å². The lowest BCUT2D eigenvalue weighted by molar-refractivity contribution is -0.112. The van der Waals surface area contributed by atoms with E-state index >= 15 is 0 Å². The highest BCUT2D eigenvalue weighted by Gasteiger charge is 2.12. The molecule has 0 heterocycles. The van der Waals surface area contributed by atoms with Crippen molar-refractivity contribution < 1.29 is 19.0 Å². The van der Waals surface area contributed by atoms with Crippen LogP contribution < -0.4 is 14.2 Å². The van der Waals surface area contributed by atoms with E-state index in [-0.39, 0.29) is 5.92 Å². The van der Waals surface area contributed by atoms with Gasteiger partial charge in [0.25, 0.3) is 0 Å². The third-order valence-electron chi connectivity index (χ3n) is 4.04. The second-order valence-corrected chi connectivity index (χ2v) is 6.11. The summed E-state index contributed by atoms with van der Waals surface area (Å²) in [4.78, 5) is 13.4. The SMILES string of the molecule is COc1ccccc1OCCN(C)CC(C=O)CCOc1ccccc1. The van der Waals surface area contributed by atoms with E-state index in [1.54, 1.807) is 7.11 Å². The molecule has 0 radical (unpaired) electrons. The Hall–Kier alpha value is -2.53. The summed E-state index contributed by atoms with van der Waals surface area (Å²) in [6.45, 7) is 2.46. The number of likely N-dealkylation sites (N-methyl/N-ethyl adjacent to an activating group) is 1. The first kappa shape index (κ1) is 19.8. The summed E-state index contributed by atoms with van der Waals surface area (Å²) in [5.74, 6) is 2.22.